The first-order chi connectivity index (χ1) is 11.2. The van der Waals surface area contributed by atoms with Crippen molar-refractivity contribution in [2.24, 2.45) is 0 Å². The Morgan fingerprint density at radius 1 is 1.26 bits per heavy atom. The van der Waals surface area contributed by atoms with Gasteiger partial charge in [-0.3, -0.25) is 4.79 Å². The van der Waals surface area contributed by atoms with Gasteiger partial charge in [-0.15, -0.1) is 11.8 Å². The monoisotopic (exact) mass is 330 g/mol. The molecule has 0 fully saturated rings. The van der Waals surface area contributed by atoms with E-state index in [1.165, 1.54) is 11.1 Å². The molecule has 0 atom stereocenters. The zero-order valence-corrected chi connectivity index (χ0v) is 14.4. The number of amides is 1. The average Bonchev–Trinajstić information content (AvgIpc) is 2.56. The Morgan fingerprint density at radius 2 is 2.04 bits per heavy atom. The molecule has 122 valence electrons. The van der Waals surface area contributed by atoms with E-state index in [4.69, 9.17) is 4.74 Å². The highest BCUT2D eigenvalue weighted by Crippen LogP contribution is 2.15. The normalized spacial score (nSPS) is 10.3. The second kappa shape index (κ2) is 9.20. The van der Waals surface area contributed by atoms with Crippen molar-refractivity contribution < 1.29 is 9.53 Å². The second-order valence-electron chi connectivity index (χ2n) is 5.16. The second-order valence-corrected chi connectivity index (χ2v) is 6.14. The van der Waals surface area contributed by atoms with Crippen molar-refractivity contribution in [1.29, 1.82) is 0 Å². The van der Waals surface area contributed by atoms with Crippen LogP contribution in [0.15, 0.2) is 42.6 Å². The number of ether oxygens (including phenoxy) is 1. The van der Waals surface area contributed by atoms with E-state index < -0.39 is 0 Å². The van der Waals surface area contributed by atoms with Gasteiger partial charge in [0.15, 0.2) is 0 Å². The molecule has 0 spiro atoms. The maximum absolute atomic E-state index is 11.9. The molecule has 1 amide bonds. The molecule has 0 unspecified atom stereocenters. The number of rotatable bonds is 8. The van der Waals surface area contributed by atoms with Crippen LogP contribution in [-0.2, 0) is 17.1 Å². The number of aryl methyl sites for hydroxylation is 1. The fraction of sp³-hybridized carbons (Fsp3) is 0.333. The summed E-state index contributed by atoms with van der Waals surface area (Å²) < 4.78 is 5.45. The Balaban J connectivity index is 1.74. The van der Waals surface area contributed by atoms with Gasteiger partial charge in [0.2, 0.25) is 11.8 Å². The minimum absolute atomic E-state index is 0.0217. The number of hydrogen-bond donors (Lipinski definition) is 1. The van der Waals surface area contributed by atoms with E-state index in [1.54, 1.807) is 18.0 Å². The summed E-state index contributed by atoms with van der Waals surface area (Å²) in [6.45, 7) is 4.98. The first kappa shape index (κ1) is 17.3. The van der Waals surface area contributed by atoms with E-state index in [2.05, 4.69) is 41.5 Å². The lowest BCUT2D eigenvalue weighted by molar-refractivity contribution is -0.118. The molecule has 0 radical (unpaired) electrons. The predicted octanol–water partition coefficient (Wildman–Crippen LogP) is 3.34. The molecule has 23 heavy (non-hydrogen) atoms. The third kappa shape index (κ3) is 5.94. The first-order valence-corrected chi connectivity index (χ1v) is 8.81. The summed E-state index contributed by atoms with van der Waals surface area (Å²) in [5.74, 6) is 1.89. The highest BCUT2D eigenvalue weighted by atomic mass is 32.2. The first-order valence-electron chi connectivity index (χ1n) is 7.65. The van der Waals surface area contributed by atoms with E-state index in [9.17, 15) is 4.79 Å². The van der Waals surface area contributed by atoms with Gasteiger partial charge < -0.3 is 10.1 Å². The molecular weight excluding hydrogens is 308 g/mol. The SMILES string of the molecule is CCOc1ncccc1CNC(=O)CSCc1ccc(C)cc1. The molecule has 0 aliphatic rings. The van der Waals surface area contributed by atoms with Gasteiger partial charge in [-0.25, -0.2) is 4.98 Å². The standard InChI is InChI=1S/C18H22N2O2S/c1-3-22-18-16(5-4-10-19-18)11-20-17(21)13-23-12-15-8-6-14(2)7-9-15/h4-10H,3,11-13H2,1-2H3,(H,20,21). The number of benzene rings is 1. The number of carbonyl (C=O) groups is 1. The summed E-state index contributed by atoms with van der Waals surface area (Å²) in [7, 11) is 0. The van der Waals surface area contributed by atoms with E-state index in [-0.39, 0.29) is 5.91 Å². The van der Waals surface area contributed by atoms with Gasteiger partial charge in [0.1, 0.15) is 0 Å². The van der Waals surface area contributed by atoms with Crippen LogP contribution in [0.1, 0.15) is 23.6 Å². The Kier molecular flexibility index (Phi) is 6.94. The van der Waals surface area contributed by atoms with Crippen LogP contribution < -0.4 is 10.1 Å². The summed E-state index contributed by atoms with van der Waals surface area (Å²) >= 11 is 1.61. The summed E-state index contributed by atoms with van der Waals surface area (Å²) in [5, 5.41) is 2.91. The molecule has 0 bridgehead atoms. The van der Waals surface area contributed by atoms with Crippen LogP contribution in [-0.4, -0.2) is 23.3 Å². The molecular formula is C18H22N2O2S. The van der Waals surface area contributed by atoms with Crippen LogP contribution in [0.5, 0.6) is 5.88 Å². The van der Waals surface area contributed by atoms with Crippen molar-refractivity contribution in [3.63, 3.8) is 0 Å². The molecule has 1 heterocycles. The maximum Gasteiger partial charge on any atom is 0.230 e. The Bertz CT molecular complexity index is 629. The van der Waals surface area contributed by atoms with Crippen LogP contribution in [0.25, 0.3) is 0 Å². The lowest BCUT2D eigenvalue weighted by Gasteiger charge is -2.09. The van der Waals surface area contributed by atoms with Crippen molar-refractivity contribution in [2.75, 3.05) is 12.4 Å². The predicted molar refractivity (Wildman–Crippen MR) is 94.6 cm³/mol. The number of pyridine rings is 1. The van der Waals surface area contributed by atoms with Crippen molar-refractivity contribution in [1.82, 2.24) is 10.3 Å². The maximum atomic E-state index is 11.9. The molecule has 0 aliphatic carbocycles. The Morgan fingerprint density at radius 3 is 2.78 bits per heavy atom. The molecule has 0 aliphatic heterocycles. The highest BCUT2D eigenvalue weighted by Gasteiger charge is 2.07. The van der Waals surface area contributed by atoms with Crippen molar-refractivity contribution in [3.8, 4) is 5.88 Å². The molecule has 2 aromatic rings. The zero-order chi connectivity index (χ0) is 16.5. The summed E-state index contributed by atoms with van der Waals surface area (Å²) in [4.78, 5) is 16.1. The highest BCUT2D eigenvalue weighted by molar-refractivity contribution is 7.99. The fourth-order valence-electron chi connectivity index (χ4n) is 2.02. The minimum Gasteiger partial charge on any atom is -0.478 e. The largest absolute Gasteiger partial charge is 0.478 e. The van der Waals surface area contributed by atoms with Crippen LogP contribution in [0.2, 0.25) is 0 Å². The minimum atomic E-state index is 0.0217. The topological polar surface area (TPSA) is 51.2 Å². The van der Waals surface area contributed by atoms with E-state index in [1.807, 2.05) is 19.1 Å². The Labute approximate surface area is 141 Å². The van der Waals surface area contributed by atoms with Gasteiger partial charge in [-0.2, -0.15) is 0 Å². The summed E-state index contributed by atoms with van der Waals surface area (Å²) in [6.07, 6.45) is 1.69. The average molecular weight is 330 g/mol. The fourth-order valence-corrected chi connectivity index (χ4v) is 2.83. The van der Waals surface area contributed by atoms with E-state index in [0.717, 1.165) is 11.3 Å². The molecule has 1 aromatic carbocycles. The van der Waals surface area contributed by atoms with Gasteiger partial charge in [0.25, 0.3) is 0 Å². The molecule has 0 saturated heterocycles. The third-order valence-electron chi connectivity index (χ3n) is 3.23. The number of aromatic nitrogens is 1. The van der Waals surface area contributed by atoms with Gasteiger partial charge in [-0.1, -0.05) is 35.9 Å². The van der Waals surface area contributed by atoms with Gasteiger partial charge >= 0.3 is 0 Å². The van der Waals surface area contributed by atoms with Gasteiger partial charge in [0, 0.05) is 24.1 Å². The quantitative estimate of drug-likeness (QED) is 0.806. The lowest BCUT2D eigenvalue weighted by Crippen LogP contribution is -2.25. The summed E-state index contributed by atoms with van der Waals surface area (Å²) in [6, 6.07) is 12.1. The summed E-state index contributed by atoms with van der Waals surface area (Å²) in [5.41, 5.74) is 3.38. The number of nitrogens with zero attached hydrogens (tertiary/aromatic N) is 1. The van der Waals surface area contributed by atoms with Crippen molar-refractivity contribution in [2.45, 2.75) is 26.1 Å². The Hall–Kier alpha value is -2.01. The van der Waals surface area contributed by atoms with Crippen molar-refractivity contribution >= 4 is 17.7 Å². The molecule has 1 N–H and O–H groups in total. The van der Waals surface area contributed by atoms with Gasteiger partial charge in [-0.05, 0) is 25.5 Å². The zero-order valence-electron chi connectivity index (χ0n) is 13.5. The van der Waals surface area contributed by atoms with Gasteiger partial charge in [0.05, 0.1) is 12.4 Å². The number of hydrogen-bond acceptors (Lipinski definition) is 4. The van der Waals surface area contributed by atoms with E-state index in [0.29, 0.717) is 24.8 Å². The van der Waals surface area contributed by atoms with E-state index >= 15 is 0 Å². The van der Waals surface area contributed by atoms with Crippen molar-refractivity contribution in [3.05, 3.63) is 59.3 Å². The number of nitrogens with one attached hydrogen (secondary N) is 1. The molecule has 1 aromatic heterocycles. The molecule has 5 heteroatoms. The van der Waals surface area contributed by atoms with Crippen LogP contribution in [0.4, 0.5) is 0 Å². The lowest BCUT2D eigenvalue weighted by atomic mass is 10.2. The molecule has 0 saturated carbocycles. The van der Waals surface area contributed by atoms with Crippen LogP contribution in [0.3, 0.4) is 0 Å². The number of thioether (sulfide) groups is 1. The van der Waals surface area contributed by atoms with Crippen LogP contribution in [0, 0.1) is 6.92 Å². The smallest absolute Gasteiger partial charge is 0.230 e. The third-order valence-corrected chi connectivity index (χ3v) is 4.23. The molecule has 2 rings (SSSR count). The number of carbonyl (C=O) groups excluding carboxylic acids is 1. The van der Waals surface area contributed by atoms with Crippen LogP contribution >= 0.6 is 11.8 Å². The molecule has 4 nitrogen and oxygen atoms in total.